The van der Waals surface area contributed by atoms with Gasteiger partial charge in [0.25, 0.3) is 5.91 Å². The number of fused-ring (bicyclic) bond motifs is 1. The fourth-order valence-electron chi connectivity index (χ4n) is 3.61. The average Bonchev–Trinajstić information content (AvgIpc) is 2.79. The summed E-state index contributed by atoms with van der Waals surface area (Å²) in [4.78, 5) is 48.8. The van der Waals surface area contributed by atoms with E-state index in [1.807, 2.05) is 13.8 Å². The molecule has 2 heterocycles. The molecule has 0 aromatic rings. The summed E-state index contributed by atoms with van der Waals surface area (Å²) < 4.78 is 0. The van der Waals surface area contributed by atoms with Crippen molar-refractivity contribution in [2.75, 3.05) is 13.1 Å². The lowest BCUT2D eigenvalue weighted by molar-refractivity contribution is -0.174. The molecule has 4 N–H and O–H groups in total. The van der Waals surface area contributed by atoms with E-state index in [0.29, 0.717) is 38.8 Å². The Labute approximate surface area is 163 Å². The number of hydrogen-bond acceptors (Lipinski definition) is 6. The maximum Gasteiger partial charge on any atom is 0.328 e. The number of aliphatic carboxylic acids is 1. The van der Waals surface area contributed by atoms with E-state index in [2.05, 4.69) is 5.32 Å². The maximum absolute atomic E-state index is 13.0. The predicted octanol–water partition coefficient (Wildman–Crippen LogP) is 0.0355. The third-order valence-electron chi connectivity index (χ3n) is 4.82. The molecule has 0 saturated carbocycles. The van der Waals surface area contributed by atoms with Crippen LogP contribution in [0.4, 0.5) is 0 Å². The van der Waals surface area contributed by atoms with Crippen LogP contribution < -0.4 is 10.8 Å². The number of carbonyl (C=O) groups excluding carboxylic acids is 3. The predicted molar refractivity (Wildman–Crippen MR) is 97.7 cm³/mol. The van der Waals surface area contributed by atoms with E-state index in [9.17, 15) is 24.3 Å². The SMILES string of the molecule is CC(C)/C=C(\CC(=O)NO)C(=O)N[C@H]1CCCN2CCC[C@@H](C(=O)O)N2C1=O. The van der Waals surface area contributed by atoms with Gasteiger partial charge < -0.3 is 10.4 Å². The van der Waals surface area contributed by atoms with Gasteiger partial charge in [-0.1, -0.05) is 19.9 Å². The van der Waals surface area contributed by atoms with Crippen molar-refractivity contribution in [2.45, 2.75) is 58.0 Å². The van der Waals surface area contributed by atoms with Gasteiger partial charge in [0.2, 0.25) is 11.8 Å². The summed E-state index contributed by atoms with van der Waals surface area (Å²) in [5, 5.41) is 23.9. The molecule has 3 amide bonds. The first-order chi connectivity index (χ1) is 13.2. The number of amides is 3. The summed E-state index contributed by atoms with van der Waals surface area (Å²) >= 11 is 0. The standard InChI is InChI=1S/C18H28N4O6/c1-11(2)9-12(10-15(23)20-28)16(24)19-13-5-3-7-21-8-4-6-14(18(26)27)22(21)17(13)25/h9,11,13-14,28H,3-8,10H2,1-2H3,(H,19,24)(H,20,23)(H,26,27)/b12-9+/t13-,14-/m0/s1. The highest BCUT2D eigenvalue weighted by Gasteiger charge is 2.42. The smallest absolute Gasteiger partial charge is 0.328 e. The number of hydrazine groups is 1. The van der Waals surface area contributed by atoms with Gasteiger partial charge in [-0.25, -0.2) is 15.3 Å². The molecule has 2 atom stereocenters. The monoisotopic (exact) mass is 396 g/mol. The van der Waals surface area contributed by atoms with Gasteiger partial charge in [-0.3, -0.25) is 24.6 Å². The molecule has 0 aromatic heterocycles. The molecule has 10 heteroatoms. The van der Waals surface area contributed by atoms with E-state index >= 15 is 0 Å². The highest BCUT2D eigenvalue weighted by molar-refractivity contribution is 6.01. The second-order valence-corrected chi connectivity index (χ2v) is 7.45. The zero-order valence-electron chi connectivity index (χ0n) is 16.2. The summed E-state index contributed by atoms with van der Waals surface area (Å²) in [5.41, 5.74) is 1.64. The second kappa shape index (κ2) is 9.65. The van der Waals surface area contributed by atoms with Gasteiger partial charge in [0, 0.05) is 18.7 Å². The van der Waals surface area contributed by atoms with Crippen LogP contribution >= 0.6 is 0 Å². The van der Waals surface area contributed by atoms with Gasteiger partial charge in [-0.2, -0.15) is 0 Å². The Morgan fingerprint density at radius 1 is 1.21 bits per heavy atom. The lowest BCUT2D eigenvalue weighted by Gasteiger charge is -2.42. The van der Waals surface area contributed by atoms with Crippen LogP contribution in [0.15, 0.2) is 11.6 Å². The highest BCUT2D eigenvalue weighted by Crippen LogP contribution is 2.24. The quantitative estimate of drug-likeness (QED) is 0.282. The van der Waals surface area contributed by atoms with Crippen molar-refractivity contribution >= 4 is 23.7 Å². The van der Waals surface area contributed by atoms with Crippen molar-refractivity contribution in [3.05, 3.63) is 11.6 Å². The number of allylic oxidation sites excluding steroid dienone is 1. The second-order valence-electron chi connectivity index (χ2n) is 7.45. The first kappa shape index (κ1) is 21.8. The molecule has 10 nitrogen and oxygen atoms in total. The lowest BCUT2D eigenvalue weighted by atomic mass is 10.0. The molecule has 2 fully saturated rings. The van der Waals surface area contributed by atoms with E-state index in [4.69, 9.17) is 5.21 Å². The molecular weight excluding hydrogens is 368 g/mol. The number of carboxylic acids is 1. The molecule has 2 aliphatic rings. The van der Waals surface area contributed by atoms with Crippen molar-refractivity contribution in [1.29, 1.82) is 0 Å². The van der Waals surface area contributed by atoms with Gasteiger partial charge in [0.1, 0.15) is 12.1 Å². The van der Waals surface area contributed by atoms with E-state index in [1.54, 1.807) is 11.1 Å². The normalized spacial score (nSPS) is 23.8. The number of hydroxylamine groups is 1. The number of carbonyl (C=O) groups is 4. The largest absolute Gasteiger partial charge is 0.480 e. The van der Waals surface area contributed by atoms with Crippen molar-refractivity contribution in [1.82, 2.24) is 20.8 Å². The van der Waals surface area contributed by atoms with Crippen LogP contribution in [0.25, 0.3) is 0 Å². The molecular formula is C18H28N4O6. The van der Waals surface area contributed by atoms with Crippen molar-refractivity contribution in [3.8, 4) is 0 Å². The van der Waals surface area contributed by atoms with Gasteiger partial charge in [-0.05, 0) is 31.6 Å². The van der Waals surface area contributed by atoms with Gasteiger partial charge in [0.15, 0.2) is 0 Å². The molecule has 0 radical (unpaired) electrons. The zero-order valence-corrected chi connectivity index (χ0v) is 16.2. The minimum absolute atomic E-state index is 0.0222. The minimum Gasteiger partial charge on any atom is -0.480 e. The van der Waals surface area contributed by atoms with Crippen LogP contribution in [-0.2, 0) is 19.2 Å². The Hall–Kier alpha value is -2.46. The third kappa shape index (κ3) is 5.29. The molecule has 2 saturated heterocycles. The summed E-state index contributed by atoms with van der Waals surface area (Å²) in [6.07, 6.45) is 3.34. The fourth-order valence-corrected chi connectivity index (χ4v) is 3.61. The van der Waals surface area contributed by atoms with Crippen LogP contribution in [0.3, 0.4) is 0 Å². The molecule has 0 bridgehead atoms. The summed E-state index contributed by atoms with van der Waals surface area (Å²) in [6, 6.07) is -1.81. The van der Waals surface area contributed by atoms with Crippen LogP contribution in [0.5, 0.6) is 0 Å². The fraction of sp³-hybridized carbons (Fsp3) is 0.667. The van der Waals surface area contributed by atoms with E-state index in [-0.39, 0.29) is 17.9 Å². The minimum atomic E-state index is -1.06. The number of carboxylic acid groups (broad SMARTS) is 1. The number of hydrogen-bond donors (Lipinski definition) is 4. The summed E-state index contributed by atoms with van der Waals surface area (Å²) in [5.74, 6) is -2.85. The highest BCUT2D eigenvalue weighted by atomic mass is 16.5. The van der Waals surface area contributed by atoms with E-state index in [1.165, 1.54) is 10.5 Å². The van der Waals surface area contributed by atoms with Crippen LogP contribution in [0.1, 0.15) is 46.0 Å². The number of nitrogens with zero attached hydrogens (tertiary/aromatic N) is 2. The average molecular weight is 396 g/mol. The molecule has 0 spiro atoms. The van der Waals surface area contributed by atoms with E-state index in [0.717, 1.165) is 0 Å². The Kier molecular flexibility index (Phi) is 7.53. The Morgan fingerprint density at radius 3 is 2.43 bits per heavy atom. The van der Waals surface area contributed by atoms with Gasteiger partial charge in [-0.15, -0.1) is 0 Å². The third-order valence-corrected chi connectivity index (χ3v) is 4.82. The van der Waals surface area contributed by atoms with E-state index < -0.39 is 35.8 Å². The summed E-state index contributed by atoms with van der Waals surface area (Å²) in [6.45, 7) is 4.82. The van der Waals surface area contributed by atoms with Crippen molar-refractivity contribution < 1.29 is 29.5 Å². The number of nitrogens with one attached hydrogen (secondary N) is 2. The first-order valence-electron chi connectivity index (χ1n) is 9.49. The number of rotatable bonds is 6. The van der Waals surface area contributed by atoms with Crippen molar-refractivity contribution in [2.24, 2.45) is 5.92 Å². The lowest BCUT2D eigenvalue weighted by Crippen LogP contribution is -2.61. The van der Waals surface area contributed by atoms with Crippen LogP contribution in [-0.4, -0.2) is 69.2 Å². The summed E-state index contributed by atoms with van der Waals surface area (Å²) in [7, 11) is 0. The molecule has 2 aliphatic heterocycles. The first-order valence-corrected chi connectivity index (χ1v) is 9.49. The topological polar surface area (TPSA) is 139 Å². The molecule has 0 unspecified atom stereocenters. The Morgan fingerprint density at radius 2 is 1.86 bits per heavy atom. The Balaban J connectivity index is 2.19. The molecule has 156 valence electrons. The molecule has 28 heavy (non-hydrogen) atoms. The molecule has 2 rings (SSSR count). The zero-order chi connectivity index (χ0) is 20.8. The van der Waals surface area contributed by atoms with Crippen LogP contribution in [0, 0.1) is 5.92 Å². The molecule has 0 aliphatic carbocycles. The van der Waals surface area contributed by atoms with Gasteiger partial charge >= 0.3 is 5.97 Å². The molecule has 0 aromatic carbocycles. The van der Waals surface area contributed by atoms with Crippen molar-refractivity contribution in [3.63, 3.8) is 0 Å². The van der Waals surface area contributed by atoms with Gasteiger partial charge in [0.05, 0.1) is 6.42 Å². The Bertz CT molecular complexity index is 662. The maximum atomic E-state index is 13.0. The van der Waals surface area contributed by atoms with Crippen LogP contribution in [0.2, 0.25) is 0 Å².